The van der Waals surface area contributed by atoms with Crippen molar-refractivity contribution in [1.29, 1.82) is 0 Å². The number of hydrogen-bond donors (Lipinski definition) is 2. The Labute approximate surface area is 121 Å². The average molecular weight is 344 g/mol. The summed E-state index contributed by atoms with van der Waals surface area (Å²) in [5.74, 6) is -0.232. The van der Waals surface area contributed by atoms with Crippen molar-refractivity contribution in [3.63, 3.8) is 0 Å². The molecule has 0 saturated heterocycles. The number of nitrogen functional groups attached to an aromatic ring is 1. The standard InChI is InChI=1S/C11H11BrFN5O2/c1-17-11(14)6(5-16-17)4-15-9-2-7(12)8(13)3-10(9)18(19)20/h2-3,5,15H,4,14H2,1H3. The molecule has 0 amide bonds. The second-order valence-corrected chi connectivity index (χ2v) is 4.93. The molecule has 0 unspecified atom stereocenters. The van der Waals surface area contributed by atoms with E-state index in [1.54, 1.807) is 13.2 Å². The molecular formula is C11H11BrFN5O2. The fourth-order valence-corrected chi connectivity index (χ4v) is 1.99. The van der Waals surface area contributed by atoms with Gasteiger partial charge in [0.15, 0.2) is 0 Å². The van der Waals surface area contributed by atoms with Crippen LogP contribution in [0.2, 0.25) is 0 Å². The number of aromatic nitrogens is 2. The normalized spacial score (nSPS) is 10.6. The van der Waals surface area contributed by atoms with Gasteiger partial charge in [0.05, 0.1) is 21.7 Å². The first-order chi connectivity index (χ1) is 9.40. The molecule has 7 nitrogen and oxygen atoms in total. The molecule has 0 atom stereocenters. The monoisotopic (exact) mass is 343 g/mol. The maximum absolute atomic E-state index is 13.3. The van der Waals surface area contributed by atoms with Crippen LogP contribution in [0.5, 0.6) is 0 Å². The molecule has 0 bridgehead atoms. The Morgan fingerprint density at radius 1 is 1.60 bits per heavy atom. The zero-order valence-electron chi connectivity index (χ0n) is 10.4. The van der Waals surface area contributed by atoms with Gasteiger partial charge in [-0.25, -0.2) is 4.39 Å². The molecule has 1 aromatic carbocycles. The van der Waals surface area contributed by atoms with Gasteiger partial charge < -0.3 is 11.1 Å². The third kappa shape index (κ3) is 2.72. The van der Waals surface area contributed by atoms with Crippen molar-refractivity contribution in [1.82, 2.24) is 9.78 Å². The second-order valence-electron chi connectivity index (χ2n) is 4.07. The van der Waals surface area contributed by atoms with Crippen molar-refractivity contribution in [3.8, 4) is 0 Å². The number of nitro groups is 1. The van der Waals surface area contributed by atoms with Crippen molar-refractivity contribution in [2.75, 3.05) is 11.1 Å². The van der Waals surface area contributed by atoms with Gasteiger partial charge in [0, 0.05) is 19.2 Å². The summed E-state index contributed by atoms with van der Waals surface area (Å²) < 4.78 is 15.0. The van der Waals surface area contributed by atoms with Crippen molar-refractivity contribution >= 4 is 33.1 Å². The highest BCUT2D eigenvalue weighted by atomic mass is 79.9. The molecule has 20 heavy (non-hydrogen) atoms. The van der Waals surface area contributed by atoms with E-state index in [4.69, 9.17) is 5.73 Å². The molecule has 0 fully saturated rings. The first-order valence-corrected chi connectivity index (χ1v) is 6.33. The van der Waals surface area contributed by atoms with E-state index < -0.39 is 10.7 Å². The van der Waals surface area contributed by atoms with Crippen LogP contribution in [0.3, 0.4) is 0 Å². The number of hydrogen-bond acceptors (Lipinski definition) is 5. The highest BCUT2D eigenvalue weighted by Gasteiger charge is 2.18. The third-order valence-electron chi connectivity index (χ3n) is 2.77. The molecule has 2 rings (SSSR count). The number of nitrogens with two attached hydrogens (primary N) is 1. The van der Waals surface area contributed by atoms with E-state index in [1.807, 2.05) is 0 Å². The molecule has 0 aliphatic heterocycles. The Morgan fingerprint density at radius 3 is 2.85 bits per heavy atom. The molecule has 2 aromatic rings. The van der Waals surface area contributed by atoms with E-state index in [0.717, 1.165) is 6.07 Å². The number of nitro benzene ring substituents is 1. The average Bonchev–Trinajstić information content (AvgIpc) is 2.71. The third-order valence-corrected chi connectivity index (χ3v) is 3.38. The van der Waals surface area contributed by atoms with Crippen molar-refractivity contribution < 1.29 is 9.31 Å². The van der Waals surface area contributed by atoms with Crippen LogP contribution < -0.4 is 11.1 Å². The quantitative estimate of drug-likeness (QED) is 0.656. The summed E-state index contributed by atoms with van der Waals surface area (Å²) in [4.78, 5) is 10.3. The van der Waals surface area contributed by atoms with Gasteiger partial charge in [-0.05, 0) is 22.0 Å². The summed E-state index contributed by atoms with van der Waals surface area (Å²) in [5, 5.41) is 17.7. The summed E-state index contributed by atoms with van der Waals surface area (Å²) in [6, 6.07) is 2.18. The number of rotatable bonds is 4. The molecule has 1 aromatic heterocycles. The van der Waals surface area contributed by atoms with Crippen LogP contribution in [0.15, 0.2) is 22.8 Å². The molecule has 0 aliphatic carbocycles. The van der Waals surface area contributed by atoms with Gasteiger partial charge in [-0.1, -0.05) is 0 Å². The van der Waals surface area contributed by atoms with Gasteiger partial charge in [-0.15, -0.1) is 0 Å². The predicted molar refractivity (Wildman–Crippen MR) is 75.7 cm³/mol. The molecule has 106 valence electrons. The van der Waals surface area contributed by atoms with Gasteiger partial charge in [-0.2, -0.15) is 5.10 Å². The van der Waals surface area contributed by atoms with Crippen LogP contribution in [0.1, 0.15) is 5.56 Å². The zero-order valence-corrected chi connectivity index (χ0v) is 12.0. The van der Waals surface area contributed by atoms with E-state index in [1.165, 1.54) is 10.7 Å². The maximum Gasteiger partial charge on any atom is 0.295 e. The first kappa shape index (κ1) is 14.3. The van der Waals surface area contributed by atoms with Gasteiger partial charge in [0.1, 0.15) is 17.3 Å². The summed E-state index contributed by atoms with van der Waals surface area (Å²) >= 11 is 3.00. The van der Waals surface area contributed by atoms with E-state index in [-0.39, 0.29) is 22.4 Å². The lowest BCUT2D eigenvalue weighted by molar-refractivity contribution is -0.384. The fraction of sp³-hybridized carbons (Fsp3) is 0.182. The van der Waals surface area contributed by atoms with Crippen LogP contribution in [-0.2, 0) is 13.6 Å². The molecule has 0 saturated carbocycles. The van der Waals surface area contributed by atoms with Crippen molar-refractivity contribution in [2.45, 2.75) is 6.54 Å². The fourth-order valence-electron chi connectivity index (χ4n) is 1.65. The number of nitrogens with zero attached hydrogens (tertiary/aromatic N) is 3. The molecule has 0 spiro atoms. The summed E-state index contributed by atoms with van der Waals surface area (Å²) in [6.45, 7) is 0.249. The van der Waals surface area contributed by atoms with Gasteiger partial charge in [0.2, 0.25) is 0 Å². The van der Waals surface area contributed by atoms with Gasteiger partial charge in [0.25, 0.3) is 5.69 Å². The summed E-state index contributed by atoms with van der Waals surface area (Å²) in [6.07, 6.45) is 1.56. The Morgan fingerprint density at radius 2 is 2.30 bits per heavy atom. The Bertz CT molecular complexity index is 673. The molecule has 0 radical (unpaired) electrons. The van der Waals surface area contributed by atoms with Crippen molar-refractivity contribution in [3.05, 3.63) is 44.3 Å². The number of anilines is 2. The largest absolute Gasteiger partial charge is 0.384 e. The lowest BCUT2D eigenvalue weighted by Gasteiger charge is -2.08. The van der Waals surface area contributed by atoms with Crippen LogP contribution in [0.4, 0.5) is 21.6 Å². The number of aryl methyl sites for hydroxylation is 1. The first-order valence-electron chi connectivity index (χ1n) is 5.53. The lowest BCUT2D eigenvalue weighted by Crippen LogP contribution is -2.06. The Kier molecular flexibility index (Phi) is 3.89. The minimum Gasteiger partial charge on any atom is -0.384 e. The van der Waals surface area contributed by atoms with E-state index in [9.17, 15) is 14.5 Å². The molecule has 0 aliphatic rings. The number of halogens is 2. The van der Waals surface area contributed by atoms with Gasteiger partial charge in [-0.3, -0.25) is 14.8 Å². The van der Waals surface area contributed by atoms with Crippen LogP contribution in [-0.4, -0.2) is 14.7 Å². The molecule has 3 N–H and O–H groups in total. The molecule has 9 heteroatoms. The van der Waals surface area contributed by atoms with Crippen molar-refractivity contribution in [2.24, 2.45) is 7.05 Å². The number of nitrogens with one attached hydrogen (secondary N) is 1. The van der Waals surface area contributed by atoms with Crippen LogP contribution >= 0.6 is 15.9 Å². The Balaban J connectivity index is 2.27. The topological polar surface area (TPSA) is 99.0 Å². The molecular weight excluding hydrogens is 333 g/mol. The molecule has 1 heterocycles. The number of benzene rings is 1. The highest BCUT2D eigenvalue weighted by molar-refractivity contribution is 9.10. The van der Waals surface area contributed by atoms with Crippen LogP contribution in [0.25, 0.3) is 0 Å². The smallest absolute Gasteiger partial charge is 0.295 e. The van der Waals surface area contributed by atoms with Gasteiger partial charge >= 0.3 is 0 Å². The minimum atomic E-state index is -0.692. The van der Waals surface area contributed by atoms with E-state index in [0.29, 0.717) is 11.4 Å². The summed E-state index contributed by atoms with van der Waals surface area (Å²) in [5.41, 5.74) is 6.33. The zero-order chi connectivity index (χ0) is 14.9. The van der Waals surface area contributed by atoms with Crippen LogP contribution in [0, 0.1) is 15.9 Å². The highest BCUT2D eigenvalue weighted by Crippen LogP contribution is 2.31. The predicted octanol–water partition coefficient (Wildman–Crippen LogP) is 2.42. The van der Waals surface area contributed by atoms with E-state index >= 15 is 0 Å². The SMILES string of the molecule is Cn1ncc(CNc2cc(Br)c(F)cc2[N+](=O)[O-])c1N. The van der Waals surface area contributed by atoms with E-state index in [2.05, 4.69) is 26.3 Å². The Hall–Kier alpha value is -2.16. The summed E-state index contributed by atoms with van der Waals surface area (Å²) in [7, 11) is 1.69. The lowest BCUT2D eigenvalue weighted by atomic mass is 10.2. The second kappa shape index (κ2) is 5.45. The minimum absolute atomic E-state index is 0.143. The maximum atomic E-state index is 13.3.